The molecule has 6 nitrogen and oxygen atoms in total. The van der Waals surface area contributed by atoms with Gasteiger partial charge in [-0.3, -0.25) is 9.59 Å². The molecule has 0 saturated heterocycles. The minimum atomic E-state index is -0.581. The number of ether oxygens (including phenoxy) is 2. The van der Waals surface area contributed by atoms with Gasteiger partial charge in [0.05, 0.1) is 25.5 Å². The molecule has 0 radical (unpaired) electrons. The SMILES string of the molecule is COc1ccc(N2C(=O)C(Nc3cccc(Cl)c3C)=C(c3ccc(F)cc3)C2=O)c(OC)c1. The maximum atomic E-state index is 13.6. The number of nitrogens with one attached hydrogen (secondary N) is 1. The molecule has 1 aliphatic rings. The number of halogens is 2. The van der Waals surface area contributed by atoms with Gasteiger partial charge in [0.2, 0.25) is 0 Å². The summed E-state index contributed by atoms with van der Waals surface area (Å²) in [6.45, 7) is 1.80. The number of amides is 2. The summed E-state index contributed by atoms with van der Waals surface area (Å²) in [6.07, 6.45) is 0. The Morgan fingerprint density at radius 3 is 2.33 bits per heavy atom. The average molecular weight is 467 g/mol. The van der Waals surface area contributed by atoms with Gasteiger partial charge in [0.15, 0.2) is 0 Å². The Morgan fingerprint density at radius 2 is 1.67 bits per heavy atom. The van der Waals surface area contributed by atoms with Crippen molar-refractivity contribution in [2.24, 2.45) is 0 Å². The third-order valence-electron chi connectivity index (χ3n) is 5.37. The van der Waals surface area contributed by atoms with Gasteiger partial charge in [-0.2, -0.15) is 0 Å². The fraction of sp³-hybridized carbons (Fsp3) is 0.120. The standard InChI is InChI=1S/C25H20ClFN2O4/c1-14-18(26)5-4-6-19(14)28-23-22(15-7-9-16(27)10-8-15)24(30)29(25(23)31)20-12-11-17(32-2)13-21(20)33-3/h4-13,28H,1-3H3. The monoisotopic (exact) mass is 466 g/mol. The summed E-state index contributed by atoms with van der Waals surface area (Å²) in [4.78, 5) is 28.2. The number of benzene rings is 3. The van der Waals surface area contributed by atoms with E-state index in [1.165, 1.54) is 38.5 Å². The molecule has 0 spiro atoms. The Balaban J connectivity index is 1.86. The number of rotatable bonds is 6. The Labute approximate surface area is 195 Å². The van der Waals surface area contributed by atoms with Crippen molar-refractivity contribution >= 4 is 40.4 Å². The molecule has 0 unspecified atom stereocenters. The molecule has 8 heteroatoms. The largest absolute Gasteiger partial charge is 0.497 e. The highest BCUT2D eigenvalue weighted by Gasteiger charge is 2.41. The second-order valence-corrected chi connectivity index (χ2v) is 7.68. The van der Waals surface area contributed by atoms with E-state index in [0.717, 1.165) is 4.90 Å². The molecule has 3 aromatic carbocycles. The van der Waals surface area contributed by atoms with Crippen molar-refractivity contribution in [3.05, 3.63) is 88.3 Å². The molecule has 0 bridgehead atoms. The van der Waals surface area contributed by atoms with Crippen LogP contribution < -0.4 is 19.7 Å². The lowest BCUT2D eigenvalue weighted by atomic mass is 10.0. The van der Waals surface area contributed by atoms with Crippen LogP contribution in [0.5, 0.6) is 11.5 Å². The smallest absolute Gasteiger partial charge is 0.282 e. The highest BCUT2D eigenvalue weighted by atomic mass is 35.5. The average Bonchev–Trinajstić information content (AvgIpc) is 3.06. The third-order valence-corrected chi connectivity index (χ3v) is 5.78. The van der Waals surface area contributed by atoms with Gasteiger partial charge in [0.1, 0.15) is 23.0 Å². The van der Waals surface area contributed by atoms with E-state index >= 15 is 0 Å². The summed E-state index contributed by atoms with van der Waals surface area (Å²) in [5, 5.41) is 3.59. The van der Waals surface area contributed by atoms with Crippen LogP contribution in [0.1, 0.15) is 11.1 Å². The van der Waals surface area contributed by atoms with Crippen LogP contribution in [0.25, 0.3) is 5.57 Å². The summed E-state index contributed by atoms with van der Waals surface area (Å²) < 4.78 is 24.2. The number of carbonyl (C=O) groups is 2. The van der Waals surface area contributed by atoms with Crippen molar-refractivity contribution in [3.8, 4) is 11.5 Å². The zero-order chi connectivity index (χ0) is 23.7. The van der Waals surface area contributed by atoms with E-state index in [2.05, 4.69) is 5.32 Å². The molecule has 4 rings (SSSR count). The fourth-order valence-electron chi connectivity index (χ4n) is 3.60. The molecule has 2 amide bonds. The van der Waals surface area contributed by atoms with Crippen molar-refractivity contribution in [2.75, 3.05) is 24.4 Å². The predicted molar refractivity (Wildman–Crippen MR) is 125 cm³/mol. The van der Waals surface area contributed by atoms with Crippen LogP contribution in [0.3, 0.4) is 0 Å². The van der Waals surface area contributed by atoms with Gasteiger partial charge < -0.3 is 14.8 Å². The third kappa shape index (κ3) is 4.03. The number of imide groups is 1. The summed E-state index contributed by atoms with van der Waals surface area (Å²) >= 11 is 6.24. The molecule has 1 aliphatic heterocycles. The number of carbonyl (C=O) groups excluding carboxylic acids is 2. The number of methoxy groups -OCH3 is 2. The van der Waals surface area contributed by atoms with E-state index in [9.17, 15) is 14.0 Å². The highest BCUT2D eigenvalue weighted by molar-refractivity contribution is 6.46. The Morgan fingerprint density at radius 1 is 0.939 bits per heavy atom. The van der Waals surface area contributed by atoms with Crippen LogP contribution in [-0.4, -0.2) is 26.0 Å². The molecule has 0 aromatic heterocycles. The normalized spacial score (nSPS) is 13.5. The molecule has 33 heavy (non-hydrogen) atoms. The number of hydrogen-bond donors (Lipinski definition) is 1. The zero-order valence-electron chi connectivity index (χ0n) is 18.1. The molecule has 1 N–H and O–H groups in total. The molecule has 1 heterocycles. The minimum Gasteiger partial charge on any atom is -0.497 e. The molecule has 0 saturated carbocycles. The number of anilines is 2. The maximum absolute atomic E-state index is 13.6. The first kappa shape index (κ1) is 22.4. The van der Waals surface area contributed by atoms with E-state index in [1.807, 2.05) is 0 Å². The van der Waals surface area contributed by atoms with Gasteiger partial charge in [0, 0.05) is 16.8 Å². The van der Waals surface area contributed by atoms with Crippen molar-refractivity contribution in [2.45, 2.75) is 6.92 Å². The zero-order valence-corrected chi connectivity index (χ0v) is 18.9. The van der Waals surface area contributed by atoms with Crippen molar-refractivity contribution in [1.82, 2.24) is 0 Å². The predicted octanol–water partition coefficient (Wildman–Crippen LogP) is 5.20. The summed E-state index contributed by atoms with van der Waals surface area (Å²) in [6, 6.07) is 15.4. The minimum absolute atomic E-state index is 0.0508. The lowest BCUT2D eigenvalue weighted by Gasteiger charge is -2.19. The van der Waals surface area contributed by atoms with Crippen LogP contribution in [0.2, 0.25) is 5.02 Å². The molecule has 168 valence electrons. The summed E-state index contributed by atoms with van der Waals surface area (Å²) in [5.41, 5.74) is 2.10. The van der Waals surface area contributed by atoms with E-state index < -0.39 is 17.6 Å². The number of hydrogen-bond acceptors (Lipinski definition) is 5. The topological polar surface area (TPSA) is 67.9 Å². The van der Waals surface area contributed by atoms with Gasteiger partial charge in [-0.15, -0.1) is 0 Å². The molecule has 3 aromatic rings. The molecule has 0 atom stereocenters. The van der Waals surface area contributed by atoms with Crippen LogP contribution in [0.4, 0.5) is 15.8 Å². The second-order valence-electron chi connectivity index (χ2n) is 7.28. The van der Waals surface area contributed by atoms with Gasteiger partial charge >= 0.3 is 0 Å². The van der Waals surface area contributed by atoms with Gasteiger partial charge in [-0.25, -0.2) is 9.29 Å². The second kappa shape index (κ2) is 8.96. The van der Waals surface area contributed by atoms with E-state index in [0.29, 0.717) is 27.6 Å². The number of nitrogens with zero attached hydrogens (tertiary/aromatic N) is 1. The van der Waals surface area contributed by atoms with Crippen molar-refractivity contribution in [1.29, 1.82) is 0 Å². The molecular formula is C25H20ClFN2O4. The summed E-state index contributed by atoms with van der Waals surface area (Å²) in [7, 11) is 2.94. The Bertz CT molecular complexity index is 1290. The van der Waals surface area contributed by atoms with Crippen LogP contribution >= 0.6 is 11.6 Å². The first-order valence-electron chi connectivity index (χ1n) is 9.99. The van der Waals surface area contributed by atoms with Gasteiger partial charge in [-0.05, 0) is 54.4 Å². The van der Waals surface area contributed by atoms with Gasteiger partial charge in [0.25, 0.3) is 11.8 Å². The quantitative estimate of drug-likeness (QED) is 0.506. The van der Waals surface area contributed by atoms with Crippen LogP contribution in [0.15, 0.2) is 66.4 Å². The maximum Gasteiger partial charge on any atom is 0.282 e. The van der Waals surface area contributed by atoms with Crippen molar-refractivity contribution < 1.29 is 23.5 Å². The lowest BCUT2D eigenvalue weighted by Crippen LogP contribution is -2.32. The lowest BCUT2D eigenvalue weighted by molar-refractivity contribution is -0.120. The fourth-order valence-corrected chi connectivity index (χ4v) is 3.77. The molecule has 0 aliphatic carbocycles. The Hall–Kier alpha value is -3.84. The van der Waals surface area contributed by atoms with E-state index in [1.54, 1.807) is 43.3 Å². The van der Waals surface area contributed by atoms with Gasteiger partial charge in [-0.1, -0.05) is 29.8 Å². The van der Waals surface area contributed by atoms with E-state index in [-0.39, 0.29) is 22.7 Å². The van der Waals surface area contributed by atoms with E-state index in [4.69, 9.17) is 21.1 Å². The van der Waals surface area contributed by atoms with Crippen molar-refractivity contribution in [3.63, 3.8) is 0 Å². The highest BCUT2D eigenvalue weighted by Crippen LogP contribution is 2.40. The first-order chi connectivity index (χ1) is 15.8. The Kier molecular flexibility index (Phi) is 6.07. The summed E-state index contributed by atoms with van der Waals surface area (Å²) in [5.74, 6) is -0.812. The van der Waals surface area contributed by atoms with Crippen LogP contribution in [0, 0.1) is 12.7 Å². The molecular weight excluding hydrogens is 447 g/mol. The van der Waals surface area contributed by atoms with Crippen LogP contribution in [-0.2, 0) is 9.59 Å². The first-order valence-corrected chi connectivity index (χ1v) is 10.4. The molecule has 0 fully saturated rings.